The van der Waals surface area contributed by atoms with Gasteiger partial charge in [-0.05, 0) is 18.9 Å². The normalized spacial score (nSPS) is 19.1. The second kappa shape index (κ2) is 7.49. The zero-order valence-electron chi connectivity index (χ0n) is 14.0. The van der Waals surface area contributed by atoms with Gasteiger partial charge in [-0.3, -0.25) is 9.69 Å². The molecule has 1 aliphatic heterocycles. The molecular weight excluding hydrogens is 348 g/mol. The minimum atomic E-state index is -0.535. The third kappa shape index (κ3) is 4.35. The van der Waals surface area contributed by atoms with E-state index in [0.29, 0.717) is 23.2 Å². The zero-order valence-corrected chi connectivity index (χ0v) is 14.8. The molecule has 1 saturated heterocycles. The quantitative estimate of drug-likeness (QED) is 0.880. The lowest BCUT2D eigenvalue weighted by Crippen LogP contribution is -2.22. The van der Waals surface area contributed by atoms with Crippen molar-refractivity contribution in [2.45, 2.75) is 32.7 Å². The maximum Gasteiger partial charge on any atom is 0.230 e. The van der Waals surface area contributed by atoms with E-state index in [4.69, 9.17) is 0 Å². The van der Waals surface area contributed by atoms with Crippen LogP contribution in [0.2, 0.25) is 0 Å². The minimum Gasteiger partial charge on any atom is -0.302 e. The van der Waals surface area contributed by atoms with Crippen molar-refractivity contribution in [3.63, 3.8) is 0 Å². The molecular formula is C16H19F2N5OS. The number of rotatable bonds is 5. The summed E-state index contributed by atoms with van der Waals surface area (Å²) >= 11 is 1.16. The molecule has 1 fully saturated rings. The highest BCUT2D eigenvalue weighted by atomic mass is 32.1. The fourth-order valence-electron chi connectivity index (χ4n) is 3.02. The smallest absolute Gasteiger partial charge is 0.230 e. The van der Waals surface area contributed by atoms with Gasteiger partial charge in [-0.1, -0.05) is 18.3 Å². The summed E-state index contributed by atoms with van der Waals surface area (Å²) in [5.41, 5.74) is 0. The maximum atomic E-state index is 13.9. The third-order valence-electron chi connectivity index (χ3n) is 4.36. The number of thiazole rings is 1. The molecule has 1 N–H and O–H groups in total. The van der Waals surface area contributed by atoms with Gasteiger partial charge in [0.15, 0.2) is 10.9 Å². The molecule has 0 radical (unpaired) electrons. The standard InChI is InChI=1S/C16H19F2N5OS/c1-9(15-19-5-12(17)6-20-15)11-3-4-23(7-11)8-13-14(18)22-16(25-13)21-10(2)24/h5-6,9,11H,3-4,7-8H2,1-2H3,(H,21,22,24). The van der Waals surface area contributed by atoms with Gasteiger partial charge in [-0.15, -0.1) is 0 Å². The Kier molecular flexibility index (Phi) is 5.33. The summed E-state index contributed by atoms with van der Waals surface area (Å²) in [4.78, 5) is 25.6. The van der Waals surface area contributed by atoms with Crippen LogP contribution in [0.15, 0.2) is 12.4 Å². The van der Waals surface area contributed by atoms with Crippen LogP contribution >= 0.6 is 11.3 Å². The van der Waals surface area contributed by atoms with E-state index in [0.717, 1.165) is 30.8 Å². The van der Waals surface area contributed by atoms with E-state index in [-0.39, 0.29) is 17.0 Å². The van der Waals surface area contributed by atoms with Crippen LogP contribution in [0, 0.1) is 17.7 Å². The number of likely N-dealkylation sites (tertiary alicyclic amines) is 1. The number of nitrogens with zero attached hydrogens (tertiary/aromatic N) is 4. The van der Waals surface area contributed by atoms with Gasteiger partial charge < -0.3 is 5.32 Å². The number of halogens is 2. The van der Waals surface area contributed by atoms with E-state index < -0.39 is 11.8 Å². The SMILES string of the molecule is CC(=O)Nc1nc(F)c(CN2CCC(C(C)c3ncc(F)cn3)C2)s1. The largest absolute Gasteiger partial charge is 0.302 e. The van der Waals surface area contributed by atoms with Crippen molar-refractivity contribution in [2.75, 3.05) is 18.4 Å². The number of hydrogen-bond donors (Lipinski definition) is 1. The summed E-state index contributed by atoms with van der Waals surface area (Å²) in [5, 5.41) is 2.79. The number of nitrogens with one attached hydrogen (secondary N) is 1. The summed E-state index contributed by atoms with van der Waals surface area (Å²) in [6, 6.07) is 0. The molecule has 134 valence electrons. The molecule has 2 aromatic heterocycles. The molecule has 3 rings (SSSR count). The van der Waals surface area contributed by atoms with Crippen LogP contribution in [0.5, 0.6) is 0 Å². The summed E-state index contributed by atoms with van der Waals surface area (Å²) in [6.07, 6.45) is 3.31. The highest BCUT2D eigenvalue weighted by molar-refractivity contribution is 7.15. The van der Waals surface area contributed by atoms with Crippen molar-refractivity contribution in [1.82, 2.24) is 19.9 Å². The van der Waals surface area contributed by atoms with Gasteiger partial charge in [0, 0.05) is 25.9 Å². The Balaban J connectivity index is 1.60. The Bertz CT molecular complexity index is 751. The molecule has 2 unspecified atom stereocenters. The van der Waals surface area contributed by atoms with E-state index in [9.17, 15) is 13.6 Å². The van der Waals surface area contributed by atoms with Crippen molar-refractivity contribution in [1.29, 1.82) is 0 Å². The molecule has 6 nitrogen and oxygen atoms in total. The minimum absolute atomic E-state index is 0.104. The van der Waals surface area contributed by atoms with Gasteiger partial charge in [0.25, 0.3) is 0 Å². The Morgan fingerprint density at radius 1 is 1.44 bits per heavy atom. The van der Waals surface area contributed by atoms with Gasteiger partial charge in [-0.2, -0.15) is 9.37 Å². The number of carbonyl (C=O) groups is 1. The van der Waals surface area contributed by atoms with Gasteiger partial charge in [-0.25, -0.2) is 14.4 Å². The second-order valence-corrected chi connectivity index (χ2v) is 7.33. The lowest BCUT2D eigenvalue weighted by atomic mass is 9.92. The topological polar surface area (TPSA) is 71.0 Å². The molecule has 2 atom stereocenters. The van der Waals surface area contributed by atoms with Gasteiger partial charge in [0.1, 0.15) is 5.82 Å². The van der Waals surface area contributed by atoms with Gasteiger partial charge in [0.05, 0.1) is 17.3 Å². The van der Waals surface area contributed by atoms with Crippen molar-refractivity contribution in [2.24, 2.45) is 5.92 Å². The lowest BCUT2D eigenvalue weighted by molar-refractivity contribution is -0.114. The van der Waals surface area contributed by atoms with E-state index in [1.54, 1.807) is 0 Å². The molecule has 0 spiro atoms. The van der Waals surface area contributed by atoms with Crippen molar-refractivity contribution >= 4 is 22.4 Å². The van der Waals surface area contributed by atoms with Crippen LogP contribution in [0.4, 0.5) is 13.9 Å². The van der Waals surface area contributed by atoms with Crippen LogP contribution in [0.3, 0.4) is 0 Å². The van der Waals surface area contributed by atoms with Crippen molar-refractivity contribution in [3.8, 4) is 0 Å². The predicted molar refractivity (Wildman–Crippen MR) is 90.2 cm³/mol. The molecule has 0 saturated carbocycles. The first kappa shape index (κ1) is 17.8. The number of hydrogen-bond acceptors (Lipinski definition) is 6. The maximum absolute atomic E-state index is 13.9. The average molecular weight is 367 g/mol. The molecule has 0 bridgehead atoms. The summed E-state index contributed by atoms with van der Waals surface area (Å²) in [5.74, 6) is -0.185. The fraction of sp³-hybridized carbons (Fsp3) is 0.500. The van der Waals surface area contributed by atoms with Crippen LogP contribution in [0.1, 0.15) is 36.9 Å². The summed E-state index contributed by atoms with van der Waals surface area (Å²) in [6.45, 7) is 5.47. The lowest BCUT2D eigenvalue weighted by Gasteiger charge is -2.19. The second-order valence-electron chi connectivity index (χ2n) is 6.25. The van der Waals surface area contributed by atoms with Crippen LogP contribution < -0.4 is 5.32 Å². The molecule has 0 aromatic carbocycles. The zero-order chi connectivity index (χ0) is 18.0. The summed E-state index contributed by atoms with van der Waals surface area (Å²) in [7, 11) is 0. The highest BCUT2D eigenvalue weighted by Gasteiger charge is 2.30. The van der Waals surface area contributed by atoms with Crippen LogP contribution in [-0.2, 0) is 11.3 Å². The highest BCUT2D eigenvalue weighted by Crippen LogP contribution is 2.32. The van der Waals surface area contributed by atoms with Gasteiger partial charge >= 0.3 is 0 Å². The first-order valence-electron chi connectivity index (χ1n) is 8.05. The van der Waals surface area contributed by atoms with E-state index in [2.05, 4.69) is 25.2 Å². The Hall–Kier alpha value is -2.00. The number of carbonyl (C=O) groups excluding carboxylic acids is 1. The Morgan fingerprint density at radius 3 is 2.84 bits per heavy atom. The molecule has 2 aromatic rings. The first-order valence-corrected chi connectivity index (χ1v) is 8.86. The molecule has 0 aliphatic carbocycles. The summed E-state index contributed by atoms with van der Waals surface area (Å²) < 4.78 is 26.9. The molecule has 9 heteroatoms. The molecule has 25 heavy (non-hydrogen) atoms. The third-order valence-corrected chi connectivity index (χ3v) is 5.29. The number of aromatic nitrogens is 3. The van der Waals surface area contributed by atoms with E-state index >= 15 is 0 Å². The van der Waals surface area contributed by atoms with Crippen molar-refractivity contribution in [3.05, 3.63) is 34.9 Å². The fourth-order valence-corrected chi connectivity index (χ4v) is 3.95. The molecule has 1 aliphatic rings. The van der Waals surface area contributed by atoms with E-state index in [1.165, 1.54) is 19.3 Å². The van der Waals surface area contributed by atoms with Crippen LogP contribution in [-0.4, -0.2) is 38.8 Å². The monoisotopic (exact) mass is 367 g/mol. The number of amides is 1. The average Bonchev–Trinajstić information content (AvgIpc) is 3.14. The van der Waals surface area contributed by atoms with Gasteiger partial charge in [0.2, 0.25) is 11.9 Å². The van der Waals surface area contributed by atoms with Crippen LogP contribution in [0.25, 0.3) is 0 Å². The Labute approximate surface area is 148 Å². The predicted octanol–water partition coefficient (Wildman–Crippen LogP) is 2.80. The molecule has 1 amide bonds. The van der Waals surface area contributed by atoms with Crippen molar-refractivity contribution < 1.29 is 13.6 Å². The number of anilines is 1. The first-order chi connectivity index (χ1) is 11.9. The Morgan fingerprint density at radius 2 is 2.16 bits per heavy atom. The van der Waals surface area contributed by atoms with E-state index in [1.807, 2.05) is 6.92 Å². The molecule has 3 heterocycles.